The van der Waals surface area contributed by atoms with Gasteiger partial charge >= 0.3 is 5.97 Å². The Bertz CT molecular complexity index is 599. The van der Waals surface area contributed by atoms with Gasteiger partial charge in [-0.1, -0.05) is 23.7 Å². The van der Waals surface area contributed by atoms with Crippen molar-refractivity contribution in [2.45, 2.75) is 11.4 Å². The molecule has 0 aliphatic heterocycles. The lowest BCUT2D eigenvalue weighted by Crippen LogP contribution is -2.29. The molecule has 0 aromatic heterocycles. The van der Waals surface area contributed by atoms with Crippen LogP contribution in [0.2, 0.25) is 5.02 Å². The van der Waals surface area contributed by atoms with Crippen molar-refractivity contribution in [3.8, 4) is 0 Å². The van der Waals surface area contributed by atoms with Crippen LogP contribution in [0.25, 0.3) is 0 Å². The molecule has 0 aliphatic rings. The standard InChI is InChI=1S/C16H16ClNO2S/c1-21-15-8-2-12(3-9-15)10-18(11-16(19)20)14-6-4-13(17)5-7-14/h2-9H,10-11H2,1H3,(H,19,20). The Morgan fingerprint density at radius 3 is 2.29 bits per heavy atom. The molecule has 0 amide bonds. The Labute approximate surface area is 133 Å². The summed E-state index contributed by atoms with van der Waals surface area (Å²) in [5, 5.41) is 9.73. The Morgan fingerprint density at radius 2 is 1.76 bits per heavy atom. The van der Waals surface area contributed by atoms with Crippen LogP contribution in [0, 0.1) is 0 Å². The highest BCUT2D eigenvalue weighted by molar-refractivity contribution is 7.98. The zero-order valence-electron chi connectivity index (χ0n) is 11.6. The highest BCUT2D eigenvalue weighted by Crippen LogP contribution is 2.21. The molecule has 0 heterocycles. The van der Waals surface area contributed by atoms with Gasteiger partial charge in [0.2, 0.25) is 0 Å². The van der Waals surface area contributed by atoms with E-state index >= 15 is 0 Å². The zero-order valence-corrected chi connectivity index (χ0v) is 13.2. The summed E-state index contributed by atoms with van der Waals surface area (Å²) in [6.07, 6.45) is 2.03. The first-order chi connectivity index (χ1) is 10.1. The normalized spacial score (nSPS) is 10.4. The van der Waals surface area contributed by atoms with Crippen molar-refractivity contribution in [2.75, 3.05) is 17.7 Å². The average molecular weight is 322 g/mol. The Balaban J connectivity index is 2.19. The van der Waals surface area contributed by atoms with Crippen molar-refractivity contribution in [1.82, 2.24) is 0 Å². The van der Waals surface area contributed by atoms with E-state index in [2.05, 4.69) is 0 Å². The first-order valence-electron chi connectivity index (χ1n) is 6.43. The first-order valence-corrected chi connectivity index (χ1v) is 8.04. The van der Waals surface area contributed by atoms with Gasteiger partial charge in [-0.2, -0.15) is 0 Å². The number of carboxylic acid groups (broad SMARTS) is 1. The molecule has 0 unspecified atom stereocenters. The smallest absolute Gasteiger partial charge is 0.323 e. The molecule has 2 rings (SSSR count). The number of hydrogen-bond donors (Lipinski definition) is 1. The second kappa shape index (κ2) is 7.38. The second-order valence-electron chi connectivity index (χ2n) is 4.57. The molecule has 0 spiro atoms. The molecule has 110 valence electrons. The first kappa shape index (κ1) is 15.7. The minimum atomic E-state index is -0.856. The van der Waals surface area contributed by atoms with Gasteiger partial charge in [0.1, 0.15) is 6.54 Å². The molecular formula is C16H16ClNO2S. The number of hydrogen-bond acceptors (Lipinski definition) is 3. The van der Waals surface area contributed by atoms with Gasteiger partial charge in [-0.25, -0.2) is 0 Å². The quantitative estimate of drug-likeness (QED) is 0.811. The molecule has 3 nitrogen and oxygen atoms in total. The van der Waals surface area contributed by atoms with Gasteiger partial charge in [0.05, 0.1) is 0 Å². The van der Waals surface area contributed by atoms with Crippen LogP contribution in [0.15, 0.2) is 53.4 Å². The van der Waals surface area contributed by atoms with Crippen molar-refractivity contribution in [3.63, 3.8) is 0 Å². The molecule has 2 aromatic rings. The molecule has 0 radical (unpaired) electrons. The summed E-state index contributed by atoms with van der Waals surface area (Å²) in [4.78, 5) is 14.1. The van der Waals surface area contributed by atoms with Crippen LogP contribution in [-0.4, -0.2) is 23.9 Å². The van der Waals surface area contributed by atoms with Crippen molar-refractivity contribution in [2.24, 2.45) is 0 Å². The molecule has 21 heavy (non-hydrogen) atoms. The number of benzene rings is 2. The maximum atomic E-state index is 11.1. The van der Waals surface area contributed by atoms with E-state index in [4.69, 9.17) is 16.7 Å². The van der Waals surface area contributed by atoms with Crippen LogP contribution in [0.4, 0.5) is 5.69 Å². The SMILES string of the molecule is CSc1ccc(CN(CC(=O)O)c2ccc(Cl)cc2)cc1. The largest absolute Gasteiger partial charge is 0.480 e. The fourth-order valence-electron chi connectivity index (χ4n) is 2.00. The van der Waals surface area contributed by atoms with E-state index in [1.807, 2.05) is 47.6 Å². The number of halogens is 1. The predicted molar refractivity (Wildman–Crippen MR) is 88.4 cm³/mol. The van der Waals surface area contributed by atoms with Gasteiger partial charge in [0, 0.05) is 22.2 Å². The summed E-state index contributed by atoms with van der Waals surface area (Å²) in [6, 6.07) is 15.3. The lowest BCUT2D eigenvalue weighted by atomic mass is 10.2. The Morgan fingerprint density at radius 1 is 1.14 bits per heavy atom. The number of rotatable bonds is 6. The Hall–Kier alpha value is -1.65. The summed E-state index contributed by atoms with van der Waals surface area (Å²) in [5.74, 6) is -0.856. The van der Waals surface area contributed by atoms with Gasteiger partial charge in [-0.15, -0.1) is 11.8 Å². The van der Waals surface area contributed by atoms with E-state index in [1.54, 1.807) is 23.9 Å². The number of thioether (sulfide) groups is 1. The van der Waals surface area contributed by atoms with E-state index < -0.39 is 5.97 Å². The zero-order chi connectivity index (χ0) is 15.2. The third-order valence-corrected chi connectivity index (χ3v) is 4.05. The number of carboxylic acids is 1. The summed E-state index contributed by atoms with van der Waals surface area (Å²) in [7, 11) is 0. The van der Waals surface area contributed by atoms with Gasteiger partial charge < -0.3 is 10.0 Å². The third-order valence-electron chi connectivity index (χ3n) is 3.05. The predicted octanol–water partition coefficient (Wildman–Crippen LogP) is 4.15. The second-order valence-corrected chi connectivity index (χ2v) is 5.89. The van der Waals surface area contributed by atoms with Crippen LogP contribution in [-0.2, 0) is 11.3 Å². The average Bonchev–Trinajstić information content (AvgIpc) is 2.48. The summed E-state index contributed by atoms with van der Waals surface area (Å²) in [6.45, 7) is 0.495. The maximum absolute atomic E-state index is 11.1. The number of aliphatic carboxylic acids is 1. The fraction of sp³-hybridized carbons (Fsp3) is 0.188. The molecule has 0 saturated heterocycles. The van der Waals surface area contributed by atoms with E-state index in [-0.39, 0.29) is 6.54 Å². The molecule has 0 fully saturated rings. The molecule has 2 aromatic carbocycles. The van der Waals surface area contributed by atoms with E-state index in [9.17, 15) is 4.79 Å². The molecule has 1 N–H and O–H groups in total. The van der Waals surface area contributed by atoms with Crippen LogP contribution in [0.5, 0.6) is 0 Å². The van der Waals surface area contributed by atoms with Crippen LogP contribution in [0.3, 0.4) is 0 Å². The molecule has 0 saturated carbocycles. The lowest BCUT2D eigenvalue weighted by molar-refractivity contribution is -0.135. The van der Waals surface area contributed by atoms with Crippen molar-refractivity contribution in [1.29, 1.82) is 0 Å². The van der Waals surface area contributed by atoms with E-state index in [0.29, 0.717) is 11.6 Å². The van der Waals surface area contributed by atoms with Crippen LogP contribution >= 0.6 is 23.4 Å². The third kappa shape index (κ3) is 4.69. The molecule has 0 atom stereocenters. The maximum Gasteiger partial charge on any atom is 0.323 e. The Kier molecular flexibility index (Phi) is 5.53. The van der Waals surface area contributed by atoms with Crippen molar-refractivity contribution < 1.29 is 9.90 Å². The summed E-state index contributed by atoms with van der Waals surface area (Å²) >= 11 is 7.56. The number of anilines is 1. The highest BCUT2D eigenvalue weighted by atomic mass is 35.5. The van der Waals surface area contributed by atoms with Crippen LogP contribution in [0.1, 0.15) is 5.56 Å². The van der Waals surface area contributed by atoms with Gasteiger partial charge in [-0.3, -0.25) is 4.79 Å². The fourth-order valence-corrected chi connectivity index (χ4v) is 2.54. The monoisotopic (exact) mass is 321 g/mol. The van der Waals surface area contributed by atoms with E-state index in [0.717, 1.165) is 11.3 Å². The molecule has 5 heteroatoms. The molecular weight excluding hydrogens is 306 g/mol. The van der Waals surface area contributed by atoms with Crippen molar-refractivity contribution >= 4 is 35.0 Å². The number of carbonyl (C=O) groups is 1. The van der Waals surface area contributed by atoms with Gasteiger partial charge in [0.25, 0.3) is 0 Å². The van der Waals surface area contributed by atoms with Gasteiger partial charge in [-0.05, 0) is 48.2 Å². The molecule has 0 bridgehead atoms. The number of nitrogens with zero attached hydrogens (tertiary/aromatic N) is 1. The summed E-state index contributed by atoms with van der Waals surface area (Å²) in [5.41, 5.74) is 1.92. The van der Waals surface area contributed by atoms with Gasteiger partial charge in [0.15, 0.2) is 0 Å². The van der Waals surface area contributed by atoms with Crippen LogP contribution < -0.4 is 4.90 Å². The highest BCUT2D eigenvalue weighted by Gasteiger charge is 2.11. The summed E-state index contributed by atoms with van der Waals surface area (Å²) < 4.78 is 0. The topological polar surface area (TPSA) is 40.5 Å². The lowest BCUT2D eigenvalue weighted by Gasteiger charge is -2.23. The minimum Gasteiger partial charge on any atom is -0.480 e. The van der Waals surface area contributed by atoms with Crippen molar-refractivity contribution in [3.05, 3.63) is 59.1 Å². The molecule has 0 aliphatic carbocycles. The minimum absolute atomic E-state index is 0.0497. The van der Waals surface area contributed by atoms with E-state index in [1.165, 1.54) is 4.90 Å².